The van der Waals surface area contributed by atoms with Crippen molar-refractivity contribution in [2.24, 2.45) is 0 Å². The number of thioether (sulfide) groups is 1. The van der Waals surface area contributed by atoms with Gasteiger partial charge in [0.05, 0.1) is 18.4 Å². The highest BCUT2D eigenvalue weighted by Crippen LogP contribution is 2.28. The number of aryl methyl sites for hydroxylation is 1. The number of ether oxygens (including phenoxy) is 1. The number of nitrogens with one attached hydrogen (secondary N) is 1. The average molecular weight is 369 g/mol. The molecular formula is C13H15N5O2S3. The Kier molecular flexibility index (Phi) is 6.91. The van der Waals surface area contributed by atoms with Gasteiger partial charge in [-0.25, -0.2) is 4.98 Å². The van der Waals surface area contributed by atoms with Crippen LogP contribution in [0.25, 0.3) is 0 Å². The first kappa shape index (κ1) is 17.8. The molecule has 1 N–H and O–H groups in total. The Bertz CT molecular complexity index is 694. The molecule has 0 aliphatic heterocycles. The molecule has 1 atom stereocenters. The summed E-state index contributed by atoms with van der Waals surface area (Å²) in [5, 5.41) is 23.4. The van der Waals surface area contributed by atoms with Crippen molar-refractivity contribution < 1.29 is 9.53 Å². The molecule has 0 spiro atoms. The molecule has 2 aromatic rings. The second-order valence-electron chi connectivity index (χ2n) is 4.44. The van der Waals surface area contributed by atoms with E-state index in [0.29, 0.717) is 27.6 Å². The topological polar surface area (TPSA) is 101 Å². The Hall–Kier alpha value is -1.54. The van der Waals surface area contributed by atoms with E-state index in [0.717, 1.165) is 5.69 Å². The highest BCUT2D eigenvalue weighted by molar-refractivity contribution is 8.01. The van der Waals surface area contributed by atoms with Crippen molar-refractivity contribution in [2.45, 2.75) is 17.2 Å². The zero-order valence-electron chi connectivity index (χ0n) is 12.6. The molecule has 0 aromatic carbocycles. The highest BCUT2D eigenvalue weighted by Gasteiger charge is 2.23. The lowest BCUT2D eigenvalue weighted by molar-refractivity contribution is -0.116. The molecule has 0 unspecified atom stereocenters. The molecule has 0 radical (unpaired) electrons. The van der Waals surface area contributed by atoms with Crippen LogP contribution in [0.2, 0.25) is 0 Å². The first-order valence-electron chi connectivity index (χ1n) is 6.67. The summed E-state index contributed by atoms with van der Waals surface area (Å²) in [6, 6.07) is 2.03. The summed E-state index contributed by atoms with van der Waals surface area (Å²) in [7, 11) is 1.63. The maximum atomic E-state index is 12.2. The molecule has 7 nitrogen and oxygen atoms in total. The number of anilines is 1. The second-order valence-corrected chi connectivity index (χ2v) is 7.53. The molecule has 0 aliphatic carbocycles. The average Bonchev–Trinajstić information content (AvgIpc) is 3.16. The zero-order chi connectivity index (χ0) is 16.7. The predicted octanol–water partition coefficient (Wildman–Crippen LogP) is 2.33. The number of Topliss-reactive ketones (excluding diaryl/α,β-unsaturated/α-hetero) is 1. The van der Waals surface area contributed by atoms with Crippen molar-refractivity contribution in [3.05, 3.63) is 16.1 Å². The summed E-state index contributed by atoms with van der Waals surface area (Å²) in [6.45, 7) is 3.07. The smallest absolute Gasteiger partial charge is 0.206 e. The highest BCUT2D eigenvalue weighted by atomic mass is 32.2. The van der Waals surface area contributed by atoms with Gasteiger partial charge in [-0.2, -0.15) is 5.26 Å². The maximum Gasteiger partial charge on any atom is 0.206 e. The van der Waals surface area contributed by atoms with Gasteiger partial charge in [0.15, 0.2) is 16.0 Å². The van der Waals surface area contributed by atoms with Crippen LogP contribution in [-0.4, -0.2) is 47.0 Å². The fourth-order valence-electron chi connectivity index (χ4n) is 1.59. The van der Waals surface area contributed by atoms with E-state index in [9.17, 15) is 10.1 Å². The van der Waals surface area contributed by atoms with Crippen molar-refractivity contribution in [2.75, 3.05) is 31.3 Å². The molecule has 0 saturated heterocycles. The molecule has 2 aromatic heterocycles. The third kappa shape index (κ3) is 5.24. The van der Waals surface area contributed by atoms with Crippen molar-refractivity contribution in [1.29, 1.82) is 5.26 Å². The third-order valence-electron chi connectivity index (χ3n) is 2.66. The second kappa shape index (κ2) is 8.93. The zero-order valence-corrected chi connectivity index (χ0v) is 15.1. The molecule has 0 amide bonds. The van der Waals surface area contributed by atoms with Crippen LogP contribution in [0.4, 0.5) is 5.13 Å². The van der Waals surface area contributed by atoms with Gasteiger partial charge < -0.3 is 10.1 Å². The number of nitriles is 1. The third-order valence-corrected chi connectivity index (χ3v) is 5.73. The molecule has 0 bridgehead atoms. The molecule has 23 heavy (non-hydrogen) atoms. The SMILES string of the molecule is COCCNc1nnc(SCC(=O)[C@H](C#N)c2nc(C)cs2)s1. The fraction of sp³-hybridized carbons (Fsp3) is 0.462. The Balaban J connectivity index is 1.87. The molecule has 2 rings (SSSR count). The Morgan fingerprint density at radius 1 is 1.57 bits per heavy atom. The molecular weight excluding hydrogens is 354 g/mol. The molecule has 0 aliphatic rings. The largest absolute Gasteiger partial charge is 0.383 e. The lowest BCUT2D eigenvalue weighted by Crippen LogP contribution is -2.13. The number of hydrogen-bond acceptors (Lipinski definition) is 10. The summed E-state index contributed by atoms with van der Waals surface area (Å²) >= 11 is 3.99. The minimum atomic E-state index is -0.812. The van der Waals surface area contributed by atoms with E-state index in [1.807, 2.05) is 18.4 Å². The number of ketones is 1. The minimum absolute atomic E-state index is 0.170. The molecule has 0 fully saturated rings. The predicted molar refractivity (Wildman–Crippen MR) is 91.2 cm³/mol. The van der Waals surface area contributed by atoms with E-state index in [1.54, 1.807) is 7.11 Å². The van der Waals surface area contributed by atoms with E-state index in [4.69, 9.17) is 4.74 Å². The summed E-state index contributed by atoms with van der Waals surface area (Å²) in [4.78, 5) is 16.4. The summed E-state index contributed by atoms with van der Waals surface area (Å²) in [6.07, 6.45) is 0. The Labute approximate surface area is 146 Å². The number of thiazole rings is 1. The van der Waals surface area contributed by atoms with Crippen LogP contribution in [-0.2, 0) is 9.53 Å². The normalized spacial score (nSPS) is 11.9. The Morgan fingerprint density at radius 2 is 2.39 bits per heavy atom. The molecule has 122 valence electrons. The van der Waals surface area contributed by atoms with Crippen molar-refractivity contribution in [3.8, 4) is 6.07 Å². The first-order chi connectivity index (χ1) is 11.1. The number of nitrogens with zero attached hydrogens (tertiary/aromatic N) is 4. The number of hydrogen-bond donors (Lipinski definition) is 1. The number of rotatable bonds is 9. The van der Waals surface area contributed by atoms with Crippen LogP contribution in [0, 0.1) is 18.3 Å². The summed E-state index contributed by atoms with van der Waals surface area (Å²) in [5.41, 5.74) is 0.821. The molecule has 2 heterocycles. The van der Waals surface area contributed by atoms with Crippen LogP contribution in [0.15, 0.2) is 9.72 Å². The van der Waals surface area contributed by atoms with E-state index >= 15 is 0 Å². The molecule has 10 heteroatoms. The van der Waals surface area contributed by atoms with Crippen molar-refractivity contribution >= 4 is 45.4 Å². The van der Waals surface area contributed by atoms with Crippen LogP contribution in [0.5, 0.6) is 0 Å². The van der Waals surface area contributed by atoms with Gasteiger partial charge >= 0.3 is 0 Å². The van der Waals surface area contributed by atoms with Gasteiger partial charge in [0.1, 0.15) is 5.01 Å². The first-order valence-corrected chi connectivity index (χ1v) is 9.35. The van der Waals surface area contributed by atoms with Crippen LogP contribution >= 0.6 is 34.4 Å². The van der Waals surface area contributed by atoms with Crippen LogP contribution in [0.1, 0.15) is 16.6 Å². The van der Waals surface area contributed by atoms with Gasteiger partial charge in [-0.3, -0.25) is 4.79 Å². The van der Waals surface area contributed by atoms with E-state index in [-0.39, 0.29) is 11.5 Å². The quantitative estimate of drug-likeness (QED) is 0.531. The van der Waals surface area contributed by atoms with E-state index in [2.05, 4.69) is 20.5 Å². The van der Waals surface area contributed by atoms with Crippen LogP contribution in [0.3, 0.4) is 0 Å². The van der Waals surface area contributed by atoms with Crippen molar-refractivity contribution in [3.63, 3.8) is 0 Å². The summed E-state index contributed by atoms with van der Waals surface area (Å²) < 4.78 is 5.63. The van der Waals surface area contributed by atoms with Gasteiger partial charge in [-0.15, -0.1) is 21.5 Å². The van der Waals surface area contributed by atoms with Crippen LogP contribution < -0.4 is 5.32 Å². The number of aromatic nitrogens is 3. The van der Waals surface area contributed by atoms with E-state index in [1.165, 1.54) is 34.4 Å². The summed E-state index contributed by atoms with van der Waals surface area (Å²) in [5.74, 6) is -0.812. The standard InChI is InChI=1S/C13H15N5O2S3/c1-8-6-21-11(16-8)9(5-14)10(19)7-22-13-18-17-12(23-13)15-3-4-20-2/h6,9H,3-4,7H2,1-2H3,(H,15,17)/t9-/m0/s1. The Morgan fingerprint density at radius 3 is 3.04 bits per heavy atom. The lowest BCUT2D eigenvalue weighted by atomic mass is 10.1. The number of carbonyl (C=O) groups excluding carboxylic acids is 1. The van der Waals surface area contributed by atoms with Gasteiger partial charge in [-0.05, 0) is 6.92 Å². The molecule has 0 saturated carbocycles. The monoisotopic (exact) mass is 369 g/mol. The minimum Gasteiger partial charge on any atom is -0.383 e. The van der Waals surface area contributed by atoms with Gasteiger partial charge in [0.25, 0.3) is 0 Å². The number of methoxy groups -OCH3 is 1. The van der Waals surface area contributed by atoms with Gasteiger partial charge in [-0.1, -0.05) is 23.1 Å². The van der Waals surface area contributed by atoms with Gasteiger partial charge in [0.2, 0.25) is 5.13 Å². The van der Waals surface area contributed by atoms with E-state index < -0.39 is 5.92 Å². The lowest BCUT2D eigenvalue weighted by Gasteiger charge is -2.03. The number of carbonyl (C=O) groups is 1. The maximum absolute atomic E-state index is 12.2. The fourth-order valence-corrected chi connectivity index (χ4v) is 4.13. The van der Waals surface area contributed by atoms with Crippen molar-refractivity contribution in [1.82, 2.24) is 15.2 Å². The van der Waals surface area contributed by atoms with Gasteiger partial charge in [0, 0.05) is 24.7 Å².